The Morgan fingerprint density at radius 1 is 1.00 bits per heavy atom. The zero-order chi connectivity index (χ0) is 19.7. The Morgan fingerprint density at radius 2 is 1.63 bits per heavy atom. The van der Waals surface area contributed by atoms with E-state index in [0.29, 0.717) is 19.6 Å². The molecule has 2 aromatic carbocycles. The largest absolute Gasteiger partial charge is 0.416 e. The zero-order valence-electron chi connectivity index (χ0n) is 14.3. The monoisotopic (exact) mass is 403 g/mol. The van der Waals surface area contributed by atoms with Crippen LogP contribution in [0.5, 0.6) is 0 Å². The van der Waals surface area contributed by atoms with Gasteiger partial charge in [-0.25, -0.2) is 12.8 Å². The van der Waals surface area contributed by atoms with Gasteiger partial charge in [0.2, 0.25) is 10.0 Å². The highest BCUT2D eigenvalue weighted by molar-refractivity contribution is 7.89. The first-order valence-corrected chi connectivity index (χ1v) is 9.86. The average Bonchev–Trinajstić information content (AvgIpc) is 2.62. The smallest absolute Gasteiger partial charge is 0.329 e. The maximum atomic E-state index is 13.3. The number of alkyl halides is 3. The lowest BCUT2D eigenvalue weighted by Crippen LogP contribution is -3.13. The molecule has 1 aliphatic heterocycles. The highest BCUT2D eigenvalue weighted by Crippen LogP contribution is 2.30. The maximum absolute atomic E-state index is 13.3. The molecule has 0 atom stereocenters. The van der Waals surface area contributed by atoms with E-state index in [9.17, 15) is 26.0 Å². The molecule has 146 valence electrons. The van der Waals surface area contributed by atoms with Gasteiger partial charge in [0, 0.05) is 5.56 Å². The van der Waals surface area contributed by atoms with Crippen molar-refractivity contribution in [2.75, 3.05) is 26.2 Å². The summed E-state index contributed by atoms with van der Waals surface area (Å²) >= 11 is 0. The van der Waals surface area contributed by atoms with E-state index in [0.717, 1.165) is 34.7 Å². The second-order valence-electron chi connectivity index (χ2n) is 6.48. The van der Waals surface area contributed by atoms with Crippen molar-refractivity contribution >= 4 is 10.0 Å². The van der Waals surface area contributed by atoms with E-state index in [1.165, 1.54) is 16.4 Å². The van der Waals surface area contributed by atoms with Crippen molar-refractivity contribution in [3.05, 3.63) is 65.5 Å². The summed E-state index contributed by atoms with van der Waals surface area (Å²) < 4.78 is 77.7. The molecule has 0 amide bonds. The lowest BCUT2D eigenvalue weighted by atomic mass is 10.2. The van der Waals surface area contributed by atoms with Crippen LogP contribution >= 0.6 is 0 Å². The Kier molecular flexibility index (Phi) is 5.55. The van der Waals surface area contributed by atoms with E-state index in [-0.39, 0.29) is 23.8 Å². The van der Waals surface area contributed by atoms with Gasteiger partial charge in [-0.15, -0.1) is 0 Å². The lowest BCUT2D eigenvalue weighted by Gasteiger charge is -2.31. The molecule has 27 heavy (non-hydrogen) atoms. The van der Waals surface area contributed by atoms with Crippen molar-refractivity contribution in [3.8, 4) is 0 Å². The number of piperazine rings is 1. The van der Waals surface area contributed by atoms with Crippen molar-refractivity contribution in [3.63, 3.8) is 0 Å². The van der Waals surface area contributed by atoms with Crippen LogP contribution in [0.1, 0.15) is 11.1 Å². The second kappa shape index (κ2) is 7.57. The molecular formula is C18H19F4N2O2S+. The number of hydrogen-bond donors (Lipinski definition) is 1. The Morgan fingerprint density at radius 3 is 2.19 bits per heavy atom. The van der Waals surface area contributed by atoms with Crippen LogP contribution in [0.25, 0.3) is 0 Å². The SMILES string of the molecule is O=S(=O)(c1ccc(C(F)(F)F)cc1)N1CC[NH+](Cc2cccc(F)c2)CC1. The van der Waals surface area contributed by atoms with E-state index in [1.54, 1.807) is 6.07 Å². The Hall–Kier alpha value is -1.97. The molecule has 0 saturated carbocycles. The molecule has 1 saturated heterocycles. The average molecular weight is 403 g/mol. The summed E-state index contributed by atoms with van der Waals surface area (Å²) in [4.78, 5) is 0.976. The van der Waals surface area contributed by atoms with E-state index >= 15 is 0 Å². The van der Waals surface area contributed by atoms with Crippen molar-refractivity contribution in [1.82, 2.24) is 4.31 Å². The van der Waals surface area contributed by atoms with Gasteiger partial charge in [-0.1, -0.05) is 12.1 Å². The zero-order valence-corrected chi connectivity index (χ0v) is 15.2. The lowest BCUT2D eigenvalue weighted by molar-refractivity contribution is -0.917. The highest BCUT2D eigenvalue weighted by atomic mass is 32.2. The van der Waals surface area contributed by atoms with Gasteiger partial charge in [-0.3, -0.25) is 0 Å². The minimum atomic E-state index is -4.51. The van der Waals surface area contributed by atoms with Gasteiger partial charge in [-0.05, 0) is 36.4 Å². The van der Waals surface area contributed by atoms with Crippen LogP contribution in [0, 0.1) is 5.82 Å². The van der Waals surface area contributed by atoms with Crippen molar-refractivity contribution in [2.24, 2.45) is 0 Å². The van der Waals surface area contributed by atoms with Gasteiger partial charge in [0.1, 0.15) is 12.4 Å². The van der Waals surface area contributed by atoms with Gasteiger partial charge in [-0.2, -0.15) is 17.5 Å². The summed E-state index contributed by atoms with van der Waals surface area (Å²) in [7, 11) is -3.83. The fraction of sp³-hybridized carbons (Fsp3) is 0.333. The van der Waals surface area contributed by atoms with Crippen molar-refractivity contribution in [2.45, 2.75) is 17.6 Å². The normalized spacial score (nSPS) is 17.2. The summed E-state index contributed by atoms with van der Waals surface area (Å²) in [6.07, 6.45) is -4.51. The summed E-state index contributed by atoms with van der Waals surface area (Å²) in [5.74, 6) is -0.310. The molecule has 1 fully saturated rings. The third kappa shape index (κ3) is 4.66. The number of hydrogen-bond acceptors (Lipinski definition) is 2. The molecule has 0 aliphatic carbocycles. The molecular weight excluding hydrogens is 384 g/mol. The molecule has 4 nitrogen and oxygen atoms in total. The molecule has 0 bridgehead atoms. The fourth-order valence-electron chi connectivity index (χ4n) is 3.12. The van der Waals surface area contributed by atoms with E-state index in [4.69, 9.17) is 0 Å². The van der Waals surface area contributed by atoms with E-state index in [2.05, 4.69) is 0 Å². The molecule has 9 heteroatoms. The van der Waals surface area contributed by atoms with Gasteiger partial charge in [0.05, 0.1) is 36.6 Å². The Labute approximate surface area is 155 Å². The number of nitrogens with zero attached hydrogens (tertiary/aromatic N) is 1. The van der Waals surface area contributed by atoms with Crippen LogP contribution in [-0.4, -0.2) is 38.9 Å². The van der Waals surface area contributed by atoms with Crippen molar-refractivity contribution in [1.29, 1.82) is 0 Å². The molecule has 1 heterocycles. The van der Waals surface area contributed by atoms with Crippen LogP contribution in [0.15, 0.2) is 53.4 Å². The first kappa shape index (κ1) is 19.8. The quantitative estimate of drug-likeness (QED) is 0.793. The van der Waals surface area contributed by atoms with Gasteiger partial charge >= 0.3 is 6.18 Å². The number of sulfonamides is 1. The number of quaternary nitrogens is 1. The van der Waals surface area contributed by atoms with Crippen molar-refractivity contribution < 1.29 is 30.9 Å². The van der Waals surface area contributed by atoms with E-state index < -0.39 is 21.8 Å². The standard InChI is InChI=1S/C18H18F4N2O2S/c19-16-3-1-2-14(12-16)13-23-8-10-24(11-9-23)27(25,26)17-6-4-15(5-7-17)18(20,21)22/h1-7,12H,8-11,13H2/p+1. The number of nitrogens with one attached hydrogen (secondary N) is 1. The maximum Gasteiger partial charge on any atom is 0.416 e. The molecule has 0 radical (unpaired) electrons. The van der Waals surface area contributed by atoms with E-state index in [1.807, 2.05) is 6.07 Å². The fourth-order valence-corrected chi connectivity index (χ4v) is 4.56. The molecule has 2 aromatic rings. The van der Waals surface area contributed by atoms with Crippen LogP contribution in [0.2, 0.25) is 0 Å². The van der Waals surface area contributed by atoms with Crippen LogP contribution in [0.3, 0.4) is 0 Å². The van der Waals surface area contributed by atoms with Gasteiger partial charge in [0.25, 0.3) is 0 Å². The third-order valence-corrected chi connectivity index (χ3v) is 6.50. The molecule has 1 N–H and O–H groups in total. The minimum Gasteiger partial charge on any atom is -0.329 e. The topological polar surface area (TPSA) is 41.8 Å². The van der Waals surface area contributed by atoms with Gasteiger partial charge in [0.15, 0.2) is 0 Å². The second-order valence-corrected chi connectivity index (χ2v) is 8.42. The minimum absolute atomic E-state index is 0.149. The molecule has 0 spiro atoms. The summed E-state index contributed by atoms with van der Waals surface area (Å²) in [5, 5.41) is 0. The number of rotatable bonds is 4. The third-order valence-electron chi connectivity index (χ3n) is 4.59. The summed E-state index contributed by atoms with van der Waals surface area (Å²) in [6.45, 7) is 2.18. The molecule has 0 unspecified atom stereocenters. The molecule has 0 aromatic heterocycles. The summed E-state index contributed by atoms with van der Waals surface area (Å²) in [5.41, 5.74) is -0.0464. The molecule has 3 rings (SSSR count). The molecule has 1 aliphatic rings. The Bertz CT molecular complexity index is 890. The Balaban J connectivity index is 1.64. The predicted octanol–water partition coefficient (Wildman–Crippen LogP) is 1.93. The number of halogens is 4. The van der Waals surface area contributed by atoms with Crippen LogP contribution in [-0.2, 0) is 22.7 Å². The summed E-state index contributed by atoms with van der Waals surface area (Å²) in [6, 6.07) is 9.81. The first-order valence-electron chi connectivity index (χ1n) is 8.42. The van der Waals surface area contributed by atoms with Gasteiger partial charge < -0.3 is 4.90 Å². The highest BCUT2D eigenvalue weighted by Gasteiger charge is 2.33. The predicted molar refractivity (Wildman–Crippen MR) is 91.0 cm³/mol. The first-order chi connectivity index (χ1) is 12.7. The van der Waals surface area contributed by atoms with Crippen LogP contribution < -0.4 is 4.90 Å². The van der Waals surface area contributed by atoms with Crippen LogP contribution in [0.4, 0.5) is 17.6 Å². The number of benzene rings is 2.